The van der Waals surface area contributed by atoms with Crippen molar-refractivity contribution >= 4 is 19.7 Å². The Morgan fingerprint density at radius 1 is 1.18 bits per heavy atom. The maximum absolute atomic E-state index is 6.32. The van der Waals surface area contributed by atoms with Crippen LogP contribution in [0.25, 0.3) is 0 Å². The van der Waals surface area contributed by atoms with Crippen LogP contribution in [0.15, 0.2) is 0 Å². The van der Waals surface area contributed by atoms with E-state index in [0.29, 0.717) is 5.41 Å². The summed E-state index contributed by atoms with van der Waals surface area (Å²) >= 11 is 6.32. The van der Waals surface area contributed by atoms with E-state index < -0.39 is 8.07 Å². The number of unbranched alkanes of at least 4 members (excludes halogenated alkanes) is 1. The van der Waals surface area contributed by atoms with E-state index in [2.05, 4.69) is 26.6 Å². The maximum Gasteiger partial charge on any atom is 0.0448 e. The average Bonchev–Trinajstić information content (AvgIpc) is 2.26. The van der Waals surface area contributed by atoms with E-state index in [0.717, 1.165) is 11.8 Å². The Hall–Kier alpha value is 0.507. The summed E-state index contributed by atoms with van der Waals surface area (Å²) in [5.41, 5.74) is 0.509. The SMILES string of the molecule is CCCCC1CCC(CCl)(C[Si](C)(C)C)CC1. The highest BCUT2D eigenvalue weighted by atomic mass is 35.5. The normalized spacial score (nSPS) is 30.5. The fraction of sp³-hybridized carbons (Fsp3) is 1.00. The molecule has 0 aromatic rings. The van der Waals surface area contributed by atoms with Crippen molar-refractivity contribution < 1.29 is 0 Å². The molecule has 1 aliphatic rings. The van der Waals surface area contributed by atoms with Crippen LogP contribution >= 0.6 is 11.6 Å². The first kappa shape index (κ1) is 15.6. The highest BCUT2D eigenvalue weighted by molar-refractivity contribution is 6.76. The Morgan fingerprint density at radius 3 is 2.18 bits per heavy atom. The molecule has 0 aliphatic heterocycles. The molecule has 0 unspecified atom stereocenters. The molecule has 0 N–H and O–H groups in total. The zero-order valence-electron chi connectivity index (χ0n) is 12.3. The zero-order chi connectivity index (χ0) is 12.9. The molecule has 0 saturated heterocycles. The third-order valence-electron chi connectivity index (χ3n) is 4.32. The van der Waals surface area contributed by atoms with Crippen LogP contribution in [0.5, 0.6) is 0 Å². The number of hydrogen-bond acceptors (Lipinski definition) is 0. The maximum atomic E-state index is 6.32. The van der Waals surface area contributed by atoms with E-state index in [-0.39, 0.29) is 0 Å². The standard InChI is InChI=1S/C15H31ClSi/c1-5-6-7-14-8-10-15(12-16,11-9-14)13-17(2,3)4/h14H,5-13H2,1-4H3. The van der Waals surface area contributed by atoms with Gasteiger partial charge in [0, 0.05) is 14.0 Å². The van der Waals surface area contributed by atoms with Crippen LogP contribution in [0, 0.1) is 11.3 Å². The lowest BCUT2D eigenvalue weighted by Crippen LogP contribution is -2.37. The van der Waals surface area contributed by atoms with Gasteiger partial charge in [-0.2, -0.15) is 0 Å². The van der Waals surface area contributed by atoms with Crippen molar-refractivity contribution in [2.24, 2.45) is 11.3 Å². The fourth-order valence-electron chi connectivity index (χ4n) is 3.55. The molecular formula is C15H31ClSi. The Bertz CT molecular complexity index is 211. The van der Waals surface area contributed by atoms with E-state index in [4.69, 9.17) is 11.6 Å². The molecule has 1 saturated carbocycles. The van der Waals surface area contributed by atoms with E-state index >= 15 is 0 Å². The second kappa shape index (κ2) is 6.61. The topological polar surface area (TPSA) is 0 Å². The van der Waals surface area contributed by atoms with Gasteiger partial charge in [-0.25, -0.2) is 0 Å². The molecule has 1 rings (SSSR count). The molecule has 1 fully saturated rings. The summed E-state index contributed by atoms with van der Waals surface area (Å²) < 4.78 is 0. The molecule has 0 aromatic carbocycles. The molecule has 1 aliphatic carbocycles. The number of halogens is 1. The summed E-state index contributed by atoms with van der Waals surface area (Å²) in [4.78, 5) is 0. The van der Waals surface area contributed by atoms with E-state index in [1.807, 2.05) is 0 Å². The number of alkyl halides is 1. The summed E-state index contributed by atoms with van der Waals surface area (Å²) in [6, 6.07) is 1.43. The second-order valence-corrected chi connectivity index (χ2v) is 13.2. The molecule has 0 nitrogen and oxygen atoms in total. The first-order valence-electron chi connectivity index (χ1n) is 7.47. The predicted molar refractivity (Wildman–Crippen MR) is 82.8 cm³/mol. The Kier molecular flexibility index (Phi) is 6.05. The van der Waals surface area contributed by atoms with Gasteiger partial charge in [-0.05, 0) is 37.0 Å². The minimum Gasteiger partial charge on any atom is -0.126 e. The summed E-state index contributed by atoms with van der Waals surface area (Å²) in [5, 5.41) is 0. The highest BCUT2D eigenvalue weighted by Crippen LogP contribution is 2.46. The molecule has 2 heteroatoms. The Balaban J connectivity index is 2.45. The molecule has 0 atom stereocenters. The van der Waals surface area contributed by atoms with Gasteiger partial charge in [-0.3, -0.25) is 0 Å². The van der Waals surface area contributed by atoms with E-state index in [1.165, 1.54) is 51.0 Å². The molecule has 0 heterocycles. The number of hydrogen-bond donors (Lipinski definition) is 0. The summed E-state index contributed by atoms with van der Waals surface area (Å²) in [5.74, 6) is 1.91. The van der Waals surface area contributed by atoms with E-state index in [1.54, 1.807) is 0 Å². The monoisotopic (exact) mass is 274 g/mol. The highest BCUT2D eigenvalue weighted by Gasteiger charge is 2.37. The lowest BCUT2D eigenvalue weighted by Gasteiger charge is -2.42. The Morgan fingerprint density at radius 2 is 1.76 bits per heavy atom. The minimum absolute atomic E-state index is 0.509. The summed E-state index contributed by atoms with van der Waals surface area (Å²) in [6.07, 6.45) is 9.92. The van der Waals surface area contributed by atoms with Crippen LogP contribution in [0.1, 0.15) is 51.9 Å². The molecule has 0 spiro atoms. The second-order valence-electron chi connectivity index (χ2n) is 7.46. The van der Waals surface area contributed by atoms with Crippen LogP contribution < -0.4 is 0 Å². The first-order valence-corrected chi connectivity index (χ1v) is 11.7. The third-order valence-corrected chi connectivity index (χ3v) is 6.70. The van der Waals surface area contributed by atoms with Gasteiger partial charge in [0.1, 0.15) is 0 Å². The van der Waals surface area contributed by atoms with Crippen LogP contribution in [0.3, 0.4) is 0 Å². The fourth-order valence-corrected chi connectivity index (χ4v) is 6.80. The van der Waals surface area contributed by atoms with Gasteiger partial charge in [0.05, 0.1) is 0 Å². The van der Waals surface area contributed by atoms with Crippen molar-refractivity contribution in [1.82, 2.24) is 0 Å². The van der Waals surface area contributed by atoms with Crippen molar-refractivity contribution in [3.05, 3.63) is 0 Å². The Labute approximate surface area is 115 Å². The average molecular weight is 275 g/mol. The lowest BCUT2D eigenvalue weighted by atomic mass is 9.71. The van der Waals surface area contributed by atoms with Gasteiger partial charge in [-0.1, -0.05) is 51.9 Å². The minimum atomic E-state index is -0.970. The van der Waals surface area contributed by atoms with Gasteiger partial charge in [0.2, 0.25) is 0 Å². The van der Waals surface area contributed by atoms with Crippen LogP contribution in [-0.4, -0.2) is 14.0 Å². The lowest BCUT2D eigenvalue weighted by molar-refractivity contribution is 0.185. The molecular weight excluding hydrogens is 244 g/mol. The van der Waals surface area contributed by atoms with Crippen LogP contribution in [0.2, 0.25) is 25.7 Å². The summed E-state index contributed by atoms with van der Waals surface area (Å²) in [6.45, 7) is 9.77. The zero-order valence-corrected chi connectivity index (χ0v) is 14.1. The molecule has 0 aromatic heterocycles. The van der Waals surface area contributed by atoms with Gasteiger partial charge in [0.25, 0.3) is 0 Å². The van der Waals surface area contributed by atoms with E-state index in [9.17, 15) is 0 Å². The molecule has 17 heavy (non-hydrogen) atoms. The van der Waals surface area contributed by atoms with Crippen molar-refractivity contribution in [2.45, 2.75) is 77.6 Å². The molecule has 0 amide bonds. The van der Waals surface area contributed by atoms with Gasteiger partial charge < -0.3 is 0 Å². The first-order chi connectivity index (χ1) is 7.91. The largest absolute Gasteiger partial charge is 0.126 e. The smallest absolute Gasteiger partial charge is 0.0448 e. The predicted octanol–water partition coefficient (Wildman–Crippen LogP) is 5.93. The van der Waals surface area contributed by atoms with Gasteiger partial charge in [0.15, 0.2) is 0 Å². The van der Waals surface area contributed by atoms with Crippen molar-refractivity contribution in [1.29, 1.82) is 0 Å². The van der Waals surface area contributed by atoms with Crippen molar-refractivity contribution in [2.75, 3.05) is 5.88 Å². The summed E-state index contributed by atoms with van der Waals surface area (Å²) in [7, 11) is -0.970. The van der Waals surface area contributed by atoms with Crippen LogP contribution in [0.4, 0.5) is 0 Å². The quantitative estimate of drug-likeness (QED) is 0.416. The van der Waals surface area contributed by atoms with Crippen molar-refractivity contribution in [3.8, 4) is 0 Å². The van der Waals surface area contributed by atoms with Gasteiger partial charge >= 0.3 is 0 Å². The number of rotatable bonds is 6. The van der Waals surface area contributed by atoms with Crippen molar-refractivity contribution in [3.63, 3.8) is 0 Å². The molecule has 0 bridgehead atoms. The van der Waals surface area contributed by atoms with Gasteiger partial charge in [-0.15, -0.1) is 11.6 Å². The van der Waals surface area contributed by atoms with Crippen LogP contribution in [-0.2, 0) is 0 Å². The molecule has 102 valence electrons. The molecule has 0 radical (unpaired) electrons. The third kappa shape index (κ3) is 5.34.